The molecule has 0 saturated carbocycles. The minimum absolute atomic E-state index is 0.0304. The van der Waals surface area contributed by atoms with Gasteiger partial charge in [-0.15, -0.1) is 6.58 Å². The minimum Gasteiger partial charge on any atom is -0.461 e. The number of nitrogens with one attached hydrogen (secondary N) is 1. The molecule has 0 aliphatic heterocycles. The van der Waals surface area contributed by atoms with Crippen LogP contribution < -0.4 is 0 Å². The Bertz CT molecular complexity index is 1010. The SMILES string of the molecule is C=CCN([C@@H](C)C(=O)c1c(C)[nH]c(C(=O)OCC)c1C)S(=O)(=O)c1ccccc1. The number of aromatic nitrogens is 1. The molecule has 1 N–H and O–H groups in total. The minimum atomic E-state index is -3.92. The largest absolute Gasteiger partial charge is 0.461 e. The average Bonchev–Trinajstić information content (AvgIpc) is 3.00. The highest BCUT2D eigenvalue weighted by Crippen LogP contribution is 2.25. The van der Waals surface area contributed by atoms with Gasteiger partial charge in [0.2, 0.25) is 10.0 Å². The van der Waals surface area contributed by atoms with Gasteiger partial charge >= 0.3 is 5.97 Å². The summed E-state index contributed by atoms with van der Waals surface area (Å²) in [5.41, 5.74) is 1.41. The van der Waals surface area contributed by atoms with Gasteiger partial charge in [0.1, 0.15) is 5.69 Å². The van der Waals surface area contributed by atoms with E-state index in [1.165, 1.54) is 25.1 Å². The van der Waals surface area contributed by atoms with Crippen LogP contribution in [-0.2, 0) is 14.8 Å². The van der Waals surface area contributed by atoms with Gasteiger partial charge < -0.3 is 9.72 Å². The summed E-state index contributed by atoms with van der Waals surface area (Å²) in [6.45, 7) is 10.3. The maximum absolute atomic E-state index is 13.3. The molecule has 1 aromatic heterocycles. The van der Waals surface area contributed by atoms with Crippen LogP contribution in [-0.4, -0.2) is 48.7 Å². The highest BCUT2D eigenvalue weighted by atomic mass is 32.2. The molecular formula is C21H26N2O5S. The Hall–Kier alpha value is -2.71. The van der Waals surface area contributed by atoms with Gasteiger partial charge in [-0.1, -0.05) is 24.3 Å². The predicted octanol–water partition coefficient (Wildman–Crippen LogP) is 3.26. The van der Waals surface area contributed by atoms with Gasteiger partial charge in [0.25, 0.3) is 0 Å². The van der Waals surface area contributed by atoms with Gasteiger partial charge in [0, 0.05) is 17.8 Å². The van der Waals surface area contributed by atoms with Crippen molar-refractivity contribution in [2.45, 2.75) is 38.6 Å². The van der Waals surface area contributed by atoms with Gasteiger partial charge in [-0.25, -0.2) is 13.2 Å². The van der Waals surface area contributed by atoms with Gasteiger partial charge in [0.05, 0.1) is 17.5 Å². The van der Waals surface area contributed by atoms with Gasteiger partial charge in [-0.2, -0.15) is 4.31 Å². The first-order valence-electron chi connectivity index (χ1n) is 9.25. The zero-order valence-electron chi connectivity index (χ0n) is 17.1. The normalized spacial score (nSPS) is 12.6. The fraction of sp³-hybridized carbons (Fsp3) is 0.333. The van der Waals surface area contributed by atoms with Crippen LogP contribution in [0.2, 0.25) is 0 Å². The number of benzene rings is 1. The lowest BCUT2D eigenvalue weighted by atomic mass is 10.0. The lowest BCUT2D eigenvalue weighted by molar-refractivity contribution is 0.0519. The van der Waals surface area contributed by atoms with Crippen LogP contribution in [0.4, 0.5) is 0 Å². The van der Waals surface area contributed by atoms with E-state index < -0.39 is 27.8 Å². The Morgan fingerprint density at radius 3 is 2.41 bits per heavy atom. The second kappa shape index (κ2) is 9.19. The Morgan fingerprint density at radius 2 is 1.86 bits per heavy atom. The summed E-state index contributed by atoms with van der Waals surface area (Å²) in [5, 5.41) is 0. The van der Waals surface area contributed by atoms with Crippen molar-refractivity contribution in [2.75, 3.05) is 13.2 Å². The summed E-state index contributed by atoms with van der Waals surface area (Å²) in [4.78, 5) is 28.4. The molecule has 1 atom stereocenters. The third-order valence-electron chi connectivity index (χ3n) is 4.63. The Labute approximate surface area is 171 Å². The number of ketones is 1. The molecule has 0 aliphatic carbocycles. The quantitative estimate of drug-likeness (QED) is 0.383. The molecule has 0 amide bonds. The number of ether oxygens (including phenoxy) is 1. The molecule has 0 radical (unpaired) electrons. The summed E-state index contributed by atoms with van der Waals surface area (Å²) < 4.78 is 32.3. The second-order valence-electron chi connectivity index (χ2n) is 6.56. The predicted molar refractivity (Wildman–Crippen MR) is 111 cm³/mol. The molecule has 0 aliphatic rings. The van der Waals surface area contributed by atoms with Gasteiger partial charge in [-0.05, 0) is 45.4 Å². The van der Waals surface area contributed by atoms with Crippen LogP contribution in [0.5, 0.6) is 0 Å². The summed E-state index contributed by atoms with van der Waals surface area (Å²) in [6, 6.07) is 6.92. The van der Waals surface area contributed by atoms with Crippen molar-refractivity contribution in [1.82, 2.24) is 9.29 Å². The maximum Gasteiger partial charge on any atom is 0.355 e. The van der Waals surface area contributed by atoms with E-state index in [1.54, 1.807) is 39.0 Å². The molecule has 2 rings (SSSR count). The van der Waals surface area contributed by atoms with Crippen molar-refractivity contribution >= 4 is 21.8 Å². The second-order valence-corrected chi connectivity index (χ2v) is 8.45. The maximum atomic E-state index is 13.3. The monoisotopic (exact) mass is 418 g/mol. The lowest BCUT2D eigenvalue weighted by Crippen LogP contribution is -2.43. The van der Waals surface area contributed by atoms with Crippen molar-refractivity contribution < 1.29 is 22.7 Å². The number of rotatable bonds is 9. The number of aryl methyl sites for hydroxylation is 1. The number of sulfonamides is 1. The number of H-pyrrole nitrogens is 1. The number of carbonyl (C=O) groups is 2. The average molecular weight is 419 g/mol. The number of hydrogen-bond acceptors (Lipinski definition) is 5. The smallest absolute Gasteiger partial charge is 0.355 e. The standard InChI is InChI=1S/C21H26N2O5S/c1-6-13-23(29(26,27)17-11-9-8-10-12-17)16(5)20(24)18-14(3)19(22-15(18)4)21(25)28-7-2/h6,8-12,16,22H,1,7,13H2,2-5H3/t16-/m0/s1. The van der Waals surface area contributed by atoms with Crippen LogP contribution in [0.3, 0.4) is 0 Å². The number of Topliss-reactive ketones (excluding diaryl/α,β-unsaturated/α-hetero) is 1. The summed E-state index contributed by atoms with van der Waals surface area (Å²) in [7, 11) is -3.92. The first kappa shape index (κ1) is 22.6. The Balaban J connectivity index is 2.46. The van der Waals surface area contributed by atoms with Crippen molar-refractivity contribution in [2.24, 2.45) is 0 Å². The van der Waals surface area contributed by atoms with E-state index in [4.69, 9.17) is 4.74 Å². The molecule has 0 fully saturated rings. The summed E-state index contributed by atoms with van der Waals surface area (Å²) in [5.74, 6) is -0.965. The molecule has 0 saturated heterocycles. The van der Waals surface area contributed by atoms with Crippen LogP contribution in [0.25, 0.3) is 0 Å². The highest BCUT2D eigenvalue weighted by Gasteiger charge is 2.35. The first-order valence-corrected chi connectivity index (χ1v) is 10.7. The fourth-order valence-corrected chi connectivity index (χ4v) is 4.77. The van der Waals surface area contributed by atoms with E-state index in [-0.39, 0.29) is 29.3 Å². The van der Waals surface area contributed by atoms with Crippen LogP contribution >= 0.6 is 0 Å². The fourth-order valence-electron chi connectivity index (χ4n) is 3.19. The van der Waals surface area contributed by atoms with Gasteiger partial charge in [-0.3, -0.25) is 4.79 Å². The molecule has 1 aromatic carbocycles. The Morgan fingerprint density at radius 1 is 1.24 bits per heavy atom. The number of carbonyl (C=O) groups excluding carboxylic acids is 2. The molecule has 0 spiro atoms. The lowest BCUT2D eigenvalue weighted by Gasteiger charge is -2.26. The van der Waals surface area contributed by atoms with E-state index >= 15 is 0 Å². The van der Waals surface area contributed by atoms with Crippen LogP contribution in [0.15, 0.2) is 47.9 Å². The molecule has 156 valence electrons. The molecule has 0 unspecified atom stereocenters. The van der Waals surface area contributed by atoms with E-state index in [0.29, 0.717) is 11.3 Å². The summed E-state index contributed by atoms with van der Waals surface area (Å²) >= 11 is 0. The van der Waals surface area contributed by atoms with E-state index in [2.05, 4.69) is 11.6 Å². The topological polar surface area (TPSA) is 96.5 Å². The van der Waals surface area contributed by atoms with Crippen molar-refractivity contribution in [3.8, 4) is 0 Å². The van der Waals surface area contributed by atoms with E-state index in [9.17, 15) is 18.0 Å². The number of nitrogens with zero attached hydrogens (tertiary/aromatic N) is 1. The first-order chi connectivity index (χ1) is 13.7. The molecule has 0 bridgehead atoms. The van der Waals surface area contributed by atoms with Crippen molar-refractivity contribution in [3.05, 3.63) is 65.5 Å². The zero-order chi connectivity index (χ0) is 21.8. The number of esters is 1. The number of aromatic amines is 1. The van der Waals surface area contributed by atoms with Crippen molar-refractivity contribution in [3.63, 3.8) is 0 Å². The molecule has 1 heterocycles. The Kier molecular flexibility index (Phi) is 7.16. The van der Waals surface area contributed by atoms with Crippen molar-refractivity contribution in [1.29, 1.82) is 0 Å². The van der Waals surface area contributed by atoms with Crippen LogP contribution in [0.1, 0.15) is 46.0 Å². The van der Waals surface area contributed by atoms with Crippen LogP contribution in [0, 0.1) is 13.8 Å². The van der Waals surface area contributed by atoms with Gasteiger partial charge in [0.15, 0.2) is 5.78 Å². The molecule has 2 aromatic rings. The molecule has 8 heteroatoms. The molecular weight excluding hydrogens is 392 g/mol. The number of hydrogen-bond donors (Lipinski definition) is 1. The third-order valence-corrected chi connectivity index (χ3v) is 6.58. The van der Waals surface area contributed by atoms with E-state index in [0.717, 1.165) is 4.31 Å². The highest BCUT2D eigenvalue weighted by molar-refractivity contribution is 7.89. The molecule has 29 heavy (non-hydrogen) atoms. The third kappa shape index (κ3) is 4.49. The summed E-state index contributed by atoms with van der Waals surface area (Å²) in [6.07, 6.45) is 1.44. The molecule has 7 nitrogen and oxygen atoms in total. The van der Waals surface area contributed by atoms with E-state index in [1.807, 2.05) is 0 Å². The zero-order valence-corrected chi connectivity index (χ0v) is 17.9.